The van der Waals surface area contributed by atoms with Crippen molar-refractivity contribution in [3.05, 3.63) is 12.7 Å². The fourth-order valence-electron chi connectivity index (χ4n) is 2.99. The van der Waals surface area contributed by atoms with Gasteiger partial charge in [0.05, 0.1) is 0 Å². The lowest BCUT2D eigenvalue weighted by molar-refractivity contribution is -0.166. The predicted octanol–water partition coefficient (Wildman–Crippen LogP) is 0.824. The first-order valence-corrected chi connectivity index (χ1v) is 9.45. The minimum Gasteiger partial charge on any atom is -0.463 e. The maximum atomic E-state index is 12.0. The van der Waals surface area contributed by atoms with E-state index in [0.29, 0.717) is 16.5 Å². The first kappa shape index (κ1) is 17.2. The van der Waals surface area contributed by atoms with Crippen molar-refractivity contribution in [3.8, 4) is 11.5 Å². The van der Waals surface area contributed by atoms with Crippen LogP contribution in [0.25, 0.3) is 11.5 Å². The highest BCUT2D eigenvalue weighted by Gasteiger charge is 2.51. The zero-order valence-corrected chi connectivity index (χ0v) is 16.2. The summed E-state index contributed by atoms with van der Waals surface area (Å²) in [6.45, 7) is -2.39. The van der Waals surface area contributed by atoms with Gasteiger partial charge in [0.15, 0.2) is 24.3 Å². The second-order valence-corrected chi connectivity index (χ2v) is 6.66. The van der Waals surface area contributed by atoms with Gasteiger partial charge in [0.25, 0.3) is 0 Å². The number of fused-ring (bicyclic) bond motifs is 1. The Morgan fingerprint density at radius 3 is 2.55 bits per heavy atom. The number of rotatable bonds is 6. The van der Waals surface area contributed by atoms with Crippen LogP contribution in [0.3, 0.4) is 0 Å². The van der Waals surface area contributed by atoms with E-state index in [1.54, 1.807) is 6.26 Å². The second kappa shape index (κ2) is 8.74. The van der Waals surface area contributed by atoms with Crippen molar-refractivity contribution in [2.45, 2.75) is 50.3 Å². The average Bonchev–Trinajstić information content (AvgIpc) is 3.41. The van der Waals surface area contributed by atoms with Crippen molar-refractivity contribution >= 4 is 29.7 Å². The molecule has 1 saturated heterocycles. The first-order chi connectivity index (χ1) is 15.4. The van der Waals surface area contributed by atoms with E-state index in [-0.39, 0.29) is 6.61 Å². The Labute approximate surface area is 174 Å². The van der Waals surface area contributed by atoms with Crippen LogP contribution in [-0.4, -0.2) is 68.6 Å². The summed E-state index contributed by atoms with van der Waals surface area (Å²) in [5.41, 5.74) is 0.470. The molecule has 3 aliphatic heterocycles. The molecule has 3 rings (SSSR count). The molecule has 0 spiro atoms. The number of aromatic nitrogens is 4. The minimum absolute atomic E-state index is 0.389. The lowest BCUT2D eigenvalue weighted by Crippen LogP contribution is -2.40. The molecular formula is C17H20N4O7S. The van der Waals surface area contributed by atoms with Gasteiger partial charge in [-0.1, -0.05) is 0 Å². The summed E-state index contributed by atoms with van der Waals surface area (Å²) in [4.78, 5) is 47.8. The number of hydrogen-bond acceptors (Lipinski definition) is 11. The van der Waals surface area contributed by atoms with Gasteiger partial charge in [0.1, 0.15) is 36.1 Å². The standard InChI is InChI=1S/C17H20N4O7S/c1-8(22)25-5-11-13(26-9(2)23)14(27-10(3)24)16(28-11)21-7-20-15-12(17(21)29-4)18-6-19-15/h6-7,11,13-14,16H,5H2,1-4H3/t11-,13+,14-,16?/m1/s1/i1D,2D,3D. The molecule has 3 aliphatic rings. The van der Waals surface area contributed by atoms with Crippen molar-refractivity contribution < 1.29 is 37.4 Å². The van der Waals surface area contributed by atoms with Crippen molar-refractivity contribution in [1.29, 1.82) is 0 Å². The Hall–Kier alpha value is -2.73. The molecule has 4 atom stereocenters. The molecule has 0 N–H and O–H groups in total. The van der Waals surface area contributed by atoms with E-state index in [0.717, 1.165) is 0 Å². The summed E-state index contributed by atoms with van der Waals surface area (Å²) in [6, 6.07) is 0. The van der Waals surface area contributed by atoms with Crippen LogP contribution in [0.4, 0.5) is 0 Å². The smallest absolute Gasteiger partial charge is 0.303 e. The Bertz CT molecular complexity index is 949. The zero-order chi connectivity index (χ0) is 23.3. The van der Waals surface area contributed by atoms with Gasteiger partial charge >= 0.3 is 17.9 Å². The highest BCUT2D eigenvalue weighted by molar-refractivity contribution is 7.98. The maximum Gasteiger partial charge on any atom is 0.303 e. The van der Waals surface area contributed by atoms with Crippen LogP contribution in [0.5, 0.6) is 0 Å². The molecular weight excluding hydrogens is 404 g/mol. The molecule has 0 radical (unpaired) electrons. The molecule has 3 heterocycles. The largest absolute Gasteiger partial charge is 0.463 e. The fraction of sp³-hybridized carbons (Fsp3) is 0.529. The molecule has 0 amide bonds. The molecule has 29 heavy (non-hydrogen) atoms. The van der Waals surface area contributed by atoms with Gasteiger partial charge in [-0.15, -0.1) is 11.8 Å². The molecule has 0 aromatic carbocycles. The van der Waals surface area contributed by atoms with Crippen LogP contribution in [0.1, 0.15) is 31.0 Å². The average molecular weight is 427 g/mol. The summed E-state index contributed by atoms with van der Waals surface area (Å²) in [5, 5.41) is 0.568. The third-order valence-electron chi connectivity index (χ3n) is 4.02. The van der Waals surface area contributed by atoms with Crippen LogP contribution in [0.15, 0.2) is 17.7 Å². The van der Waals surface area contributed by atoms with E-state index >= 15 is 0 Å². The van der Waals surface area contributed by atoms with Crippen LogP contribution in [0.2, 0.25) is 0 Å². The molecule has 11 nitrogen and oxygen atoms in total. The van der Waals surface area contributed by atoms with Crippen LogP contribution in [-0.2, 0) is 33.3 Å². The highest BCUT2D eigenvalue weighted by Crippen LogP contribution is 2.38. The number of thioether (sulfide) groups is 1. The molecule has 156 valence electrons. The van der Waals surface area contributed by atoms with Gasteiger partial charge in [0, 0.05) is 24.8 Å². The number of carbonyl (C=O) groups excluding carboxylic acids is 3. The molecule has 12 heteroatoms. The maximum absolute atomic E-state index is 12.0. The predicted molar refractivity (Wildman–Crippen MR) is 97.9 cm³/mol. The third-order valence-corrected chi connectivity index (χ3v) is 4.81. The summed E-state index contributed by atoms with van der Waals surface area (Å²) in [5.74, 6) is -2.24. The number of imidazole rings is 1. The molecule has 1 fully saturated rings. The summed E-state index contributed by atoms with van der Waals surface area (Å²) < 4.78 is 44.7. The lowest BCUT2D eigenvalue weighted by atomic mass is 10.1. The van der Waals surface area contributed by atoms with E-state index in [1.807, 2.05) is 0 Å². The number of carbonyl (C=O) groups is 3. The lowest BCUT2D eigenvalue weighted by Gasteiger charge is -2.25. The van der Waals surface area contributed by atoms with Crippen LogP contribution in [0, 0.1) is 0 Å². The zero-order valence-electron chi connectivity index (χ0n) is 18.3. The molecule has 0 aromatic heterocycles. The van der Waals surface area contributed by atoms with Crippen molar-refractivity contribution in [2.75, 3.05) is 12.9 Å². The van der Waals surface area contributed by atoms with Crippen molar-refractivity contribution in [1.82, 2.24) is 19.5 Å². The SMILES string of the molecule is [2H]CC(=O)OC[C@H]1OC(n2cnc3ncnc-3c2SC)[C@H](OC(=O)C[2H])[C@H]1OC(=O)C[2H]. The second-order valence-electron chi connectivity index (χ2n) is 5.86. The van der Waals surface area contributed by atoms with Gasteiger partial charge in [-0.25, -0.2) is 15.0 Å². The molecule has 0 bridgehead atoms. The van der Waals surface area contributed by atoms with Gasteiger partial charge in [-0.3, -0.25) is 19.0 Å². The van der Waals surface area contributed by atoms with Gasteiger partial charge in [0.2, 0.25) is 0 Å². The quantitative estimate of drug-likeness (QED) is 0.281. The summed E-state index contributed by atoms with van der Waals surface area (Å²) in [7, 11) is 0. The minimum atomic E-state index is -1.24. The Morgan fingerprint density at radius 1 is 1.14 bits per heavy atom. The summed E-state index contributed by atoms with van der Waals surface area (Å²) >= 11 is 1.30. The van der Waals surface area contributed by atoms with E-state index in [2.05, 4.69) is 15.0 Å². The number of hydrogen-bond donors (Lipinski definition) is 0. The number of esters is 3. The molecule has 1 unspecified atom stereocenters. The number of nitrogens with zero attached hydrogens (tertiary/aromatic N) is 4. The number of ether oxygens (including phenoxy) is 4. The molecule has 0 aromatic rings. The van der Waals surface area contributed by atoms with E-state index in [9.17, 15) is 14.4 Å². The highest BCUT2D eigenvalue weighted by atomic mass is 32.2. The third kappa shape index (κ3) is 4.48. The van der Waals surface area contributed by atoms with Gasteiger partial charge in [-0.2, -0.15) is 0 Å². The topological polar surface area (TPSA) is 132 Å². The Balaban J connectivity index is 2.02. The van der Waals surface area contributed by atoms with Gasteiger partial charge < -0.3 is 18.9 Å². The Kier molecular flexibility index (Phi) is 5.17. The Morgan fingerprint density at radius 2 is 1.86 bits per heavy atom. The first-order valence-electron chi connectivity index (χ1n) is 10.3. The van der Waals surface area contributed by atoms with Crippen molar-refractivity contribution in [2.24, 2.45) is 0 Å². The van der Waals surface area contributed by atoms with E-state index in [1.165, 1.54) is 29.0 Å². The van der Waals surface area contributed by atoms with Crippen molar-refractivity contribution in [3.63, 3.8) is 0 Å². The van der Waals surface area contributed by atoms with E-state index < -0.39 is 63.1 Å². The van der Waals surface area contributed by atoms with Crippen LogP contribution >= 0.6 is 11.8 Å². The monoisotopic (exact) mass is 427 g/mol. The molecule has 0 saturated carbocycles. The van der Waals surface area contributed by atoms with Crippen LogP contribution < -0.4 is 0 Å². The fourth-order valence-corrected chi connectivity index (χ4v) is 3.69. The normalized spacial score (nSPS) is 25.1. The molecule has 0 aliphatic carbocycles. The van der Waals surface area contributed by atoms with Gasteiger partial charge in [-0.05, 0) is 6.26 Å². The van der Waals surface area contributed by atoms with E-state index in [4.69, 9.17) is 23.1 Å². The summed E-state index contributed by atoms with van der Waals surface area (Å²) in [6.07, 6.45) is -0.0993.